The molecule has 35 heavy (non-hydrogen) atoms. The Morgan fingerprint density at radius 2 is 1.94 bits per heavy atom. The second-order valence-corrected chi connectivity index (χ2v) is 9.08. The molecular weight excluding hydrogens is 464 g/mol. The van der Waals surface area contributed by atoms with E-state index < -0.39 is 5.91 Å². The summed E-state index contributed by atoms with van der Waals surface area (Å²) in [5.74, 6) is 1.45. The van der Waals surface area contributed by atoms with E-state index in [4.69, 9.17) is 19.6 Å². The van der Waals surface area contributed by atoms with Crippen molar-refractivity contribution in [1.82, 2.24) is 5.01 Å². The van der Waals surface area contributed by atoms with E-state index in [9.17, 15) is 4.79 Å². The average Bonchev–Trinajstić information content (AvgIpc) is 3.26. The van der Waals surface area contributed by atoms with E-state index in [0.717, 1.165) is 35.6 Å². The third kappa shape index (κ3) is 5.92. The second-order valence-electron chi connectivity index (χ2n) is 8.04. The van der Waals surface area contributed by atoms with Crippen molar-refractivity contribution in [1.29, 1.82) is 5.41 Å². The van der Waals surface area contributed by atoms with E-state index in [-0.39, 0.29) is 11.4 Å². The van der Waals surface area contributed by atoms with Crippen LogP contribution in [0.3, 0.4) is 0 Å². The molecule has 0 bridgehead atoms. The van der Waals surface area contributed by atoms with Gasteiger partial charge in [-0.05, 0) is 73.0 Å². The number of carbonyl (C=O) groups excluding carboxylic acids is 1. The van der Waals surface area contributed by atoms with Crippen LogP contribution < -0.4 is 14.2 Å². The van der Waals surface area contributed by atoms with Gasteiger partial charge in [0.05, 0.1) is 12.7 Å². The number of amides is 1. The monoisotopic (exact) mass is 492 g/mol. The summed E-state index contributed by atoms with van der Waals surface area (Å²) in [7, 11) is 1.56. The van der Waals surface area contributed by atoms with Gasteiger partial charge in [0.25, 0.3) is 5.91 Å². The Morgan fingerprint density at radius 1 is 1.11 bits per heavy atom. The Labute approximate surface area is 209 Å². The zero-order valence-electron chi connectivity index (χ0n) is 20.0. The third-order valence-corrected chi connectivity index (χ3v) is 6.31. The first-order valence-corrected chi connectivity index (χ1v) is 12.3. The lowest BCUT2D eigenvalue weighted by Crippen LogP contribution is -2.35. The first kappa shape index (κ1) is 24.5. The normalized spacial score (nSPS) is 16.2. The Balaban J connectivity index is 1.43. The molecule has 0 atom stereocenters. The zero-order chi connectivity index (χ0) is 24.8. The molecule has 0 fully saturated rings. The molecule has 8 nitrogen and oxygen atoms in total. The molecule has 2 aromatic carbocycles. The van der Waals surface area contributed by atoms with Crippen LogP contribution in [0.2, 0.25) is 0 Å². The highest BCUT2D eigenvalue weighted by molar-refractivity contribution is 8.26. The van der Waals surface area contributed by atoms with Gasteiger partial charge >= 0.3 is 0 Å². The van der Waals surface area contributed by atoms with Crippen molar-refractivity contribution < 1.29 is 19.0 Å². The molecule has 0 radical (unpaired) electrons. The van der Waals surface area contributed by atoms with E-state index >= 15 is 0 Å². The Hall–Kier alpha value is -3.59. The topological polar surface area (TPSA) is 96.6 Å². The lowest BCUT2D eigenvalue weighted by Gasteiger charge is -2.20. The smallest absolute Gasteiger partial charge is 0.283 e. The molecule has 0 aliphatic carbocycles. The zero-order valence-corrected chi connectivity index (χ0v) is 20.9. The Kier molecular flexibility index (Phi) is 7.87. The first-order valence-electron chi connectivity index (χ1n) is 11.5. The number of aliphatic imine (C=N–C) groups is 1. The third-order valence-electron chi connectivity index (χ3n) is 5.34. The number of nitrogens with one attached hydrogen (secondary N) is 1. The number of hydrogen-bond donors (Lipinski definition) is 1. The van der Waals surface area contributed by atoms with Crippen molar-refractivity contribution >= 4 is 39.8 Å². The summed E-state index contributed by atoms with van der Waals surface area (Å²) >= 11 is 1.36. The number of fused-ring (bicyclic) bond motifs is 1. The van der Waals surface area contributed by atoms with Gasteiger partial charge in [0, 0.05) is 0 Å². The number of unbranched alkanes of at least 4 members (excludes halogenated alkanes) is 1. The number of ether oxygens (including phenoxy) is 3. The second kappa shape index (κ2) is 11.2. The maximum Gasteiger partial charge on any atom is 0.283 e. The predicted molar refractivity (Wildman–Crippen MR) is 140 cm³/mol. The van der Waals surface area contributed by atoms with Crippen LogP contribution in [0.5, 0.6) is 17.2 Å². The number of hydrogen-bond acceptors (Lipinski definition) is 7. The highest BCUT2D eigenvalue weighted by Crippen LogP contribution is 2.32. The molecule has 0 spiro atoms. The fraction of sp³-hybridized carbons (Fsp3) is 0.308. The number of carbonyl (C=O) groups is 1. The maximum absolute atomic E-state index is 12.6. The number of aryl methyl sites for hydroxylation is 1. The first-order chi connectivity index (χ1) is 17.0. The van der Waals surface area contributed by atoms with Crippen LogP contribution in [-0.4, -0.2) is 47.3 Å². The molecule has 9 heteroatoms. The number of rotatable bonds is 10. The molecule has 1 amide bonds. The standard InChI is InChI=1S/C26H28N4O4S/c1-4-5-9-23-29-30-24(27)20(25(31)28-26(30)35-23)15-18-10-11-21(22(16-18)32-3)34-13-12-33-19-8-6-7-17(2)14-19/h6-8,10-11,14-16,27H,4-5,9,12-13H2,1-3H3/b20-15-,27-24?. The molecular formula is C26H28N4O4S. The van der Waals surface area contributed by atoms with E-state index in [1.807, 2.05) is 31.2 Å². The number of nitrogens with zero attached hydrogens (tertiary/aromatic N) is 3. The van der Waals surface area contributed by atoms with Gasteiger partial charge in [0.2, 0.25) is 5.17 Å². The molecule has 2 aliphatic heterocycles. The number of thioether (sulfide) groups is 1. The number of hydrazone groups is 1. The fourth-order valence-electron chi connectivity index (χ4n) is 3.54. The molecule has 2 aliphatic rings. The number of benzene rings is 2. The van der Waals surface area contributed by atoms with Gasteiger partial charge in [0.15, 0.2) is 17.3 Å². The van der Waals surface area contributed by atoms with Crippen LogP contribution >= 0.6 is 11.8 Å². The van der Waals surface area contributed by atoms with E-state index in [0.29, 0.717) is 35.4 Å². The van der Waals surface area contributed by atoms with Crippen molar-refractivity contribution in [2.24, 2.45) is 10.1 Å². The van der Waals surface area contributed by atoms with Gasteiger partial charge in [-0.3, -0.25) is 10.2 Å². The Morgan fingerprint density at radius 3 is 2.71 bits per heavy atom. The average molecular weight is 493 g/mol. The summed E-state index contributed by atoms with van der Waals surface area (Å²) < 4.78 is 17.0. The van der Waals surface area contributed by atoms with Crippen LogP contribution in [0.25, 0.3) is 6.08 Å². The quantitative estimate of drug-likeness (QED) is 0.358. The summed E-state index contributed by atoms with van der Waals surface area (Å²) in [6, 6.07) is 13.2. The molecule has 2 heterocycles. The SMILES string of the molecule is CCCCC1=NN2C(=N)/C(=C/c3ccc(OCCOc4cccc(C)c4)c(OC)c3)C(=O)N=C2S1. The van der Waals surface area contributed by atoms with Crippen molar-refractivity contribution in [2.75, 3.05) is 20.3 Å². The van der Waals surface area contributed by atoms with Crippen molar-refractivity contribution in [3.8, 4) is 17.2 Å². The molecule has 182 valence electrons. The molecule has 0 aromatic heterocycles. The van der Waals surface area contributed by atoms with E-state index in [1.165, 1.54) is 16.8 Å². The van der Waals surface area contributed by atoms with E-state index in [1.54, 1.807) is 31.4 Å². The fourth-order valence-corrected chi connectivity index (χ4v) is 4.46. The minimum absolute atomic E-state index is 0.0200. The molecule has 0 saturated carbocycles. The summed E-state index contributed by atoms with van der Waals surface area (Å²) in [4.78, 5) is 16.8. The minimum atomic E-state index is -0.451. The molecule has 0 saturated heterocycles. The molecule has 1 N–H and O–H groups in total. The van der Waals surface area contributed by atoms with Gasteiger partial charge in [-0.2, -0.15) is 15.1 Å². The lowest BCUT2D eigenvalue weighted by atomic mass is 10.1. The number of amidine groups is 2. The molecule has 4 rings (SSSR count). The predicted octanol–water partition coefficient (Wildman–Crippen LogP) is 5.27. The van der Waals surface area contributed by atoms with Crippen LogP contribution in [0.15, 0.2) is 58.1 Å². The van der Waals surface area contributed by atoms with Gasteiger partial charge in [-0.15, -0.1) is 0 Å². The number of methoxy groups -OCH3 is 1. The van der Waals surface area contributed by atoms with E-state index in [2.05, 4.69) is 17.0 Å². The van der Waals surface area contributed by atoms with Crippen molar-refractivity contribution in [2.45, 2.75) is 33.1 Å². The highest BCUT2D eigenvalue weighted by atomic mass is 32.2. The van der Waals surface area contributed by atoms with Gasteiger partial charge in [-0.1, -0.05) is 31.5 Å². The minimum Gasteiger partial charge on any atom is -0.493 e. The lowest BCUT2D eigenvalue weighted by molar-refractivity contribution is -0.114. The van der Waals surface area contributed by atoms with Gasteiger partial charge < -0.3 is 14.2 Å². The summed E-state index contributed by atoms with van der Waals surface area (Å²) in [6.45, 7) is 4.86. The Bertz CT molecular complexity index is 1220. The van der Waals surface area contributed by atoms with Gasteiger partial charge in [-0.25, -0.2) is 0 Å². The molecule has 2 aromatic rings. The van der Waals surface area contributed by atoms with Crippen molar-refractivity contribution in [3.05, 3.63) is 59.2 Å². The molecule has 0 unspecified atom stereocenters. The van der Waals surface area contributed by atoms with Gasteiger partial charge in [0.1, 0.15) is 24.0 Å². The highest BCUT2D eigenvalue weighted by Gasteiger charge is 2.35. The summed E-state index contributed by atoms with van der Waals surface area (Å²) in [5.41, 5.74) is 2.00. The largest absolute Gasteiger partial charge is 0.493 e. The van der Waals surface area contributed by atoms with Crippen LogP contribution in [0.1, 0.15) is 37.3 Å². The maximum atomic E-state index is 12.6. The summed E-state index contributed by atoms with van der Waals surface area (Å²) in [6.07, 6.45) is 4.49. The van der Waals surface area contributed by atoms with Crippen LogP contribution in [0.4, 0.5) is 0 Å². The van der Waals surface area contributed by atoms with Crippen LogP contribution in [0, 0.1) is 12.3 Å². The summed E-state index contributed by atoms with van der Waals surface area (Å²) in [5, 5.41) is 15.8. The van der Waals surface area contributed by atoms with Crippen LogP contribution in [-0.2, 0) is 4.79 Å². The van der Waals surface area contributed by atoms with Crippen molar-refractivity contribution in [3.63, 3.8) is 0 Å².